The molecular weight excluding hydrogens is 348 g/mol. The molecule has 0 unspecified atom stereocenters. The van der Waals surface area contributed by atoms with Gasteiger partial charge in [-0.15, -0.1) is 12.4 Å². The Labute approximate surface area is 152 Å². The van der Waals surface area contributed by atoms with Crippen LogP contribution in [0.5, 0.6) is 5.75 Å². The number of halogens is 1. The molecule has 1 aromatic carbocycles. The average Bonchev–Trinajstić information content (AvgIpc) is 2.97. The molecule has 0 aliphatic heterocycles. The van der Waals surface area contributed by atoms with Crippen LogP contribution in [0, 0.1) is 0 Å². The van der Waals surface area contributed by atoms with Gasteiger partial charge in [-0.3, -0.25) is 4.79 Å². The summed E-state index contributed by atoms with van der Waals surface area (Å²) in [6.07, 6.45) is 6.27. The van der Waals surface area contributed by atoms with Gasteiger partial charge in [-0.1, -0.05) is 0 Å². The minimum absolute atomic E-state index is 0. The van der Waals surface area contributed by atoms with E-state index in [0.717, 1.165) is 17.3 Å². The van der Waals surface area contributed by atoms with E-state index in [1.807, 2.05) is 36.2 Å². The highest BCUT2D eigenvalue weighted by atomic mass is 35.5. The van der Waals surface area contributed by atoms with Crippen molar-refractivity contribution in [3.63, 3.8) is 0 Å². The molecule has 0 bridgehead atoms. The van der Waals surface area contributed by atoms with Crippen LogP contribution in [0.3, 0.4) is 0 Å². The van der Waals surface area contributed by atoms with Crippen molar-refractivity contribution in [2.24, 2.45) is 12.8 Å². The number of nitrogens with two attached hydrogens (primary N) is 1. The van der Waals surface area contributed by atoms with E-state index >= 15 is 0 Å². The molecular formula is C16H23ClN4O2S. The molecule has 8 heteroatoms. The standard InChI is InChI=1S/C16H22N4O2S.ClH/c1-20-9-8-18-15(20)11-22-13-5-3-12(4-6-13)19-16(21)14(17)7-10-23-2;/h3-6,8-9,14H,7,10-11,17H2,1-2H3,(H,19,21);1H/t14-;/m0./s1. The zero-order chi connectivity index (χ0) is 16.7. The smallest absolute Gasteiger partial charge is 0.241 e. The lowest BCUT2D eigenvalue weighted by Crippen LogP contribution is -2.36. The van der Waals surface area contributed by atoms with Gasteiger partial charge >= 0.3 is 0 Å². The Balaban J connectivity index is 0.00000288. The minimum Gasteiger partial charge on any atom is -0.486 e. The molecule has 3 N–H and O–H groups in total. The van der Waals surface area contributed by atoms with E-state index in [2.05, 4.69) is 10.3 Å². The molecule has 132 valence electrons. The molecule has 0 saturated carbocycles. The fourth-order valence-corrected chi connectivity index (χ4v) is 2.42. The van der Waals surface area contributed by atoms with Gasteiger partial charge < -0.3 is 20.4 Å². The number of nitrogens with one attached hydrogen (secondary N) is 1. The number of amides is 1. The van der Waals surface area contributed by atoms with E-state index < -0.39 is 6.04 Å². The Kier molecular flexibility index (Phi) is 8.67. The number of ether oxygens (including phenoxy) is 1. The van der Waals surface area contributed by atoms with Gasteiger partial charge in [0.25, 0.3) is 0 Å². The van der Waals surface area contributed by atoms with Gasteiger partial charge in [0.15, 0.2) is 0 Å². The number of aryl methyl sites for hydroxylation is 1. The van der Waals surface area contributed by atoms with Crippen molar-refractivity contribution in [1.82, 2.24) is 9.55 Å². The second kappa shape index (κ2) is 10.2. The molecule has 0 fully saturated rings. The summed E-state index contributed by atoms with van der Waals surface area (Å²) in [5.74, 6) is 2.27. The summed E-state index contributed by atoms with van der Waals surface area (Å²) in [7, 11) is 1.92. The third-order valence-electron chi connectivity index (χ3n) is 3.38. The molecule has 0 aliphatic carbocycles. The van der Waals surface area contributed by atoms with Crippen LogP contribution in [0.4, 0.5) is 5.69 Å². The van der Waals surface area contributed by atoms with Crippen LogP contribution in [0.25, 0.3) is 0 Å². The predicted octanol–water partition coefficient (Wildman–Crippen LogP) is 2.44. The van der Waals surface area contributed by atoms with Crippen LogP contribution in [0.15, 0.2) is 36.7 Å². The van der Waals surface area contributed by atoms with Crippen LogP contribution in [0.2, 0.25) is 0 Å². The highest BCUT2D eigenvalue weighted by Gasteiger charge is 2.12. The summed E-state index contributed by atoms with van der Waals surface area (Å²) in [5.41, 5.74) is 6.55. The van der Waals surface area contributed by atoms with E-state index in [-0.39, 0.29) is 18.3 Å². The van der Waals surface area contributed by atoms with Crippen LogP contribution in [-0.2, 0) is 18.4 Å². The molecule has 0 spiro atoms. The molecule has 1 atom stereocenters. The number of benzene rings is 1. The van der Waals surface area contributed by atoms with Gasteiger partial charge in [0.1, 0.15) is 18.2 Å². The molecule has 0 radical (unpaired) electrons. The number of imidazole rings is 1. The summed E-state index contributed by atoms with van der Waals surface area (Å²) < 4.78 is 7.58. The third-order valence-corrected chi connectivity index (χ3v) is 4.02. The quantitative estimate of drug-likeness (QED) is 0.745. The average molecular weight is 371 g/mol. The summed E-state index contributed by atoms with van der Waals surface area (Å²) >= 11 is 1.68. The van der Waals surface area contributed by atoms with Crippen LogP contribution < -0.4 is 15.8 Å². The SMILES string of the molecule is CSCC[C@H](N)C(=O)Nc1ccc(OCc2nccn2C)cc1.Cl. The Morgan fingerprint density at radius 3 is 2.71 bits per heavy atom. The van der Waals surface area contributed by atoms with Crippen molar-refractivity contribution in [3.8, 4) is 5.75 Å². The fourth-order valence-electron chi connectivity index (χ4n) is 1.93. The first-order valence-electron chi connectivity index (χ1n) is 7.34. The predicted molar refractivity (Wildman–Crippen MR) is 101 cm³/mol. The van der Waals surface area contributed by atoms with Crippen molar-refractivity contribution >= 4 is 35.8 Å². The lowest BCUT2D eigenvalue weighted by atomic mass is 10.2. The Bertz CT molecular complexity index is 633. The van der Waals surface area contributed by atoms with Gasteiger partial charge in [0.05, 0.1) is 6.04 Å². The van der Waals surface area contributed by atoms with Crippen LogP contribution >= 0.6 is 24.2 Å². The number of anilines is 1. The highest BCUT2D eigenvalue weighted by Crippen LogP contribution is 2.17. The first kappa shape index (κ1) is 20.3. The zero-order valence-electron chi connectivity index (χ0n) is 13.8. The van der Waals surface area contributed by atoms with Gasteiger partial charge in [-0.25, -0.2) is 4.98 Å². The Morgan fingerprint density at radius 2 is 2.12 bits per heavy atom. The number of thioether (sulfide) groups is 1. The van der Waals surface area contributed by atoms with Gasteiger partial charge in [0, 0.05) is 25.1 Å². The molecule has 24 heavy (non-hydrogen) atoms. The number of aromatic nitrogens is 2. The molecule has 2 aromatic rings. The lowest BCUT2D eigenvalue weighted by Gasteiger charge is -2.12. The van der Waals surface area contributed by atoms with E-state index in [1.54, 1.807) is 30.1 Å². The first-order chi connectivity index (χ1) is 11.1. The van der Waals surface area contributed by atoms with E-state index in [4.69, 9.17) is 10.5 Å². The molecule has 1 aromatic heterocycles. The summed E-state index contributed by atoms with van der Waals surface area (Å²) in [5, 5.41) is 2.81. The highest BCUT2D eigenvalue weighted by molar-refractivity contribution is 7.98. The monoisotopic (exact) mass is 370 g/mol. The van der Waals surface area contributed by atoms with Crippen molar-refractivity contribution in [2.45, 2.75) is 19.1 Å². The number of rotatable bonds is 8. The van der Waals surface area contributed by atoms with Gasteiger partial charge in [-0.05, 0) is 42.7 Å². The number of hydrogen-bond donors (Lipinski definition) is 2. The van der Waals surface area contributed by atoms with E-state index in [1.165, 1.54) is 0 Å². The fraction of sp³-hybridized carbons (Fsp3) is 0.375. The van der Waals surface area contributed by atoms with Crippen molar-refractivity contribution in [2.75, 3.05) is 17.3 Å². The van der Waals surface area contributed by atoms with Crippen LogP contribution in [-0.4, -0.2) is 33.5 Å². The van der Waals surface area contributed by atoms with Crippen molar-refractivity contribution in [1.29, 1.82) is 0 Å². The maximum atomic E-state index is 11.9. The normalized spacial score (nSPS) is 11.5. The number of hydrogen-bond acceptors (Lipinski definition) is 5. The zero-order valence-corrected chi connectivity index (χ0v) is 15.4. The Hall–Kier alpha value is -1.70. The third kappa shape index (κ3) is 6.07. The topological polar surface area (TPSA) is 82.2 Å². The summed E-state index contributed by atoms with van der Waals surface area (Å²) in [4.78, 5) is 16.1. The number of carbonyl (C=O) groups is 1. The second-order valence-corrected chi connectivity index (χ2v) is 6.13. The largest absolute Gasteiger partial charge is 0.486 e. The van der Waals surface area contributed by atoms with E-state index in [9.17, 15) is 4.79 Å². The van der Waals surface area contributed by atoms with Crippen molar-refractivity contribution in [3.05, 3.63) is 42.5 Å². The summed E-state index contributed by atoms with van der Waals surface area (Å²) in [6.45, 7) is 0.398. The maximum absolute atomic E-state index is 11.9. The van der Waals surface area contributed by atoms with Crippen molar-refractivity contribution < 1.29 is 9.53 Å². The number of nitrogens with zero attached hydrogens (tertiary/aromatic N) is 2. The van der Waals surface area contributed by atoms with E-state index in [0.29, 0.717) is 18.7 Å². The number of carbonyl (C=O) groups excluding carboxylic acids is 1. The molecule has 1 heterocycles. The first-order valence-corrected chi connectivity index (χ1v) is 8.74. The minimum atomic E-state index is -0.484. The summed E-state index contributed by atoms with van der Waals surface area (Å²) in [6, 6.07) is 6.74. The molecule has 0 saturated heterocycles. The van der Waals surface area contributed by atoms with Gasteiger partial charge in [-0.2, -0.15) is 11.8 Å². The second-order valence-electron chi connectivity index (χ2n) is 5.14. The molecule has 6 nitrogen and oxygen atoms in total. The molecule has 0 aliphatic rings. The molecule has 1 amide bonds. The van der Waals surface area contributed by atoms with Gasteiger partial charge in [0.2, 0.25) is 5.91 Å². The molecule has 2 rings (SSSR count). The maximum Gasteiger partial charge on any atom is 0.241 e. The Morgan fingerprint density at radius 1 is 1.42 bits per heavy atom. The lowest BCUT2D eigenvalue weighted by molar-refractivity contribution is -0.117. The van der Waals surface area contributed by atoms with Crippen LogP contribution in [0.1, 0.15) is 12.2 Å².